The molecule has 0 spiro atoms. The van der Waals surface area contributed by atoms with Gasteiger partial charge in [0.1, 0.15) is 6.04 Å². The van der Waals surface area contributed by atoms with Gasteiger partial charge >= 0.3 is 5.97 Å². The Labute approximate surface area is 104 Å². The Balaban J connectivity index is 2.76. The van der Waals surface area contributed by atoms with Crippen LogP contribution in [0.25, 0.3) is 0 Å². The van der Waals surface area contributed by atoms with Crippen LogP contribution in [0.2, 0.25) is 0 Å². The van der Waals surface area contributed by atoms with Gasteiger partial charge in [-0.05, 0) is 25.2 Å². The molecule has 0 aromatic rings. The highest BCUT2D eigenvalue weighted by atomic mass is 16.5. The maximum atomic E-state index is 11.1. The minimum absolute atomic E-state index is 0.112. The molecule has 1 saturated heterocycles. The largest absolute Gasteiger partial charge is 0.480 e. The van der Waals surface area contributed by atoms with Gasteiger partial charge in [-0.15, -0.1) is 0 Å². The Kier molecular flexibility index (Phi) is 4.95. The number of morpholine rings is 1. The number of aliphatic carboxylic acids is 1. The zero-order chi connectivity index (χ0) is 13.2. The van der Waals surface area contributed by atoms with Gasteiger partial charge in [0.15, 0.2) is 0 Å². The van der Waals surface area contributed by atoms with Crippen LogP contribution >= 0.6 is 0 Å². The van der Waals surface area contributed by atoms with Crippen molar-refractivity contribution in [2.75, 3.05) is 0 Å². The van der Waals surface area contributed by atoms with Crippen molar-refractivity contribution >= 4 is 5.97 Å². The van der Waals surface area contributed by atoms with Crippen molar-refractivity contribution < 1.29 is 14.6 Å². The summed E-state index contributed by atoms with van der Waals surface area (Å²) in [5, 5.41) is 12.4. The molecule has 1 rings (SSSR count). The van der Waals surface area contributed by atoms with Gasteiger partial charge in [0.2, 0.25) is 0 Å². The molecule has 4 unspecified atom stereocenters. The summed E-state index contributed by atoms with van der Waals surface area (Å²) in [6.07, 6.45) is 0.804. The molecule has 0 aromatic carbocycles. The van der Waals surface area contributed by atoms with Crippen molar-refractivity contribution in [2.45, 2.75) is 65.3 Å². The van der Waals surface area contributed by atoms with Crippen molar-refractivity contribution in [2.24, 2.45) is 11.8 Å². The van der Waals surface area contributed by atoms with E-state index in [1.54, 1.807) is 0 Å². The van der Waals surface area contributed by atoms with Crippen LogP contribution in [0.5, 0.6) is 0 Å². The predicted molar refractivity (Wildman–Crippen MR) is 67.0 cm³/mol. The van der Waals surface area contributed by atoms with Crippen LogP contribution in [0.15, 0.2) is 0 Å². The highest BCUT2D eigenvalue weighted by Crippen LogP contribution is 2.24. The van der Waals surface area contributed by atoms with Gasteiger partial charge in [-0.3, -0.25) is 10.1 Å². The number of carboxylic acid groups (broad SMARTS) is 1. The molecule has 1 fully saturated rings. The van der Waals surface area contributed by atoms with Crippen LogP contribution in [0.1, 0.15) is 41.0 Å². The molecule has 4 heteroatoms. The van der Waals surface area contributed by atoms with Crippen molar-refractivity contribution in [3.05, 3.63) is 0 Å². The molecule has 2 N–H and O–H groups in total. The fourth-order valence-corrected chi connectivity index (χ4v) is 2.45. The molecule has 0 aliphatic carbocycles. The third-order valence-corrected chi connectivity index (χ3v) is 3.32. The van der Waals surface area contributed by atoms with Crippen molar-refractivity contribution in [1.29, 1.82) is 0 Å². The van der Waals surface area contributed by atoms with Crippen LogP contribution in [-0.4, -0.2) is 35.4 Å². The van der Waals surface area contributed by atoms with Gasteiger partial charge in [0.05, 0.1) is 12.2 Å². The number of hydrogen-bond donors (Lipinski definition) is 2. The quantitative estimate of drug-likeness (QED) is 0.791. The van der Waals surface area contributed by atoms with E-state index in [1.165, 1.54) is 0 Å². The third-order valence-electron chi connectivity index (χ3n) is 3.32. The zero-order valence-electron chi connectivity index (χ0n) is 11.4. The molecule has 100 valence electrons. The molecule has 4 nitrogen and oxygen atoms in total. The first-order valence-corrected chi connectivity index (χ1v) is 6.47. The van der Waals surface area contributed by atoms with Crippen molar-refractivity contribution in [3.8, 4) is 0 Å². The molecule has 0 bridgehead atoms. The first kappa shape index (κ1) is 14.5. The maximum Gasteiger partial charge on any atom is 0.323 e. The van der Waals surface area contributed by atoms with Crippen LogP contribution < -0.4 is 5.32 Å². The lowest BCUT2D eigenvalue weighted by molar-refractivity contribution is -0.154. The molecule has 0 saturated carbocycles. The monoisotopic (exact) mass is 243 g/mol. The minimum atomic E-state index is -0.828. The molecule has 0 amide bonds. The lowest BCUT2D eigenvalue weighted by Gasteiger charge is -2.42. The summed E-state index contributed by atoms with van der Waals surface area (Å²) in [5.41, 5.74) is 0. The van der Waals surface area contributed by atoms with E-state index in [1.807, 2.05) is 6.92 Å². The Morgan fingerprint density at radius 1 is 1.35 bits per heavy atom. The molecule has 1 aliphatic rings. The van der Waals surface area contributed by atoms with E-state index in [0.29, 0.717) is 11.8 Å². The Bertz CT molecular complexity index is 265. The Hall–Kier alpha value is -0.610. The summed E-state index contributed by atoms with van der Waals surface area (Å²) in [6, 6.07) is -0.472. The van der Waals surface area contributed by atoms with Crippen LogP contribution in [0, 0.1) is 11.8 Å². The second-order valence-electron chi connectivity index (χ2n) is 5.76. The number of carbonyl (C=O) groups is 1. The average molecular weight is 243 g/mol. The molecular weight excluding hydrogens is 218 g/mol. The number of rotatable bonds is 4. The van der Waals surface area contributed by atoms with E-state index in [9.17, 15) is 4.79 Å². The summed E-state index contributed by atoms with van der Waals surface area (Å²) >= 11 is 0. The molecule has 4 atom stereocenters. The fourth-order valence-electron chi connectivity index (χ4n) is 2.45. The van der Waals surface area contributed by atoms with Gasteiger partial charge in [0.25, 0.3) is 0 Å². The number of ether oxygens (including phenoxy) is 1. The van der Waals surface area contributed by atoms with E-state index in [2.05, 4.69) is 33.0 Å². The summed E-state index contributed by atoms with van der Waals surface area (Å²) in [7, 11) is 0. The van der Waals surface area contributed by atoms with Gasteiger partial charge in [-0.1, -0.05) is 27.7 Å². The molecular formula is C13H25NO3. The van der Waals surface area contributed by atoms with E-state index in [-0.39, 0.29) is 18.2 Å². The normalized spacial score (nSPS) is 34.3. The smallest absolute Gasteiger partial charge is 0.323 e. The first-order chi connectivity index (χ1) is 7.82. The van der Waals surface area contributed by atoms with E-state index < -0.39 is 12.0 Å². The standard InChI is InChI=1S/C13H25NO3/c1-7(2)6-10-11(8(3)4)14-12(13(15)16)9(5)17-10/h7-12,14H,6H2,1-5H3,(H,15,16). The van der Waals surface area contributed by atoms with Crippen molar-refractivity contribution in [3.63, 3.8) is 0 Å². The second kappa shape index (κ2) is 5.83. The van der Waals surface area contributed by atoms with Crippen LogP contribution in [0.3, 0.4) is 0 Å². The highest BCUT2D eigenvalue weighted by molar-refractivity contribution is 5.74. The molecule has 1 aliphatic heterocycles. The van der Waals surface area contributed by atoms with E-state index >= 15 is 0 Å². The van der Waals surface area contributed by atoms with Crippen LogP contribution in [0.4, 0.5) is 0 Å². The van der Waals surface area contributed by atoms with Gasteiger partial charge < -0.3 is 9.84 Å². The molecule has 17 heavy (non-hydrogen) atoms. The lowest BCUT2D eigenvalue weighted by Crippen LogP contribution is -2.62. The highest BCUT2D eigenvalue weighted by Gasteiger charge is 2.39. The SMILES string of the molecule is CC(C)CC1OC(C)C(C(=O)O)NC1C(C)C. The molecule has 0 aromatic heterocycles. The van der Waals surface area contributed by atoms with Crippen molar-refractivity contribution in [1.82, 2.24) is 5.32 Å². The van der Waals surface area contributed by atoms with E-state index in [0.717, 1.165) is 6.42 Å². The van der Waals surface area contributed by atoms with Gasteiger partial charge in [0, 0.05) is 6.04 Å². The Morgan fingerprint density at radius 3 is 2.35 bits per heavy atom. The van der Waals surface area contributed by atoms with Gasteiger partial charge in [-0.25, -0.2) is 0 Å². The van der Waals surface area contributed by atoms with E-state index in [4.69, 9.17) is 9.84 Å². The minimum Gasteiger partial charge on any atom is -0.480 e. The summed E-state index contributed by atoms with van der Waals surface area (Å²) < 4.78 is 5.90. The summed E-state index contributed by atoms with van der Waals surface area (Å²) in [4.78, 5) is 11.1. The number of nitrogens with one attached hydrogen (secondary N) is 1. The number of hydrogen-bond acceptors (Lipinski definition) is 3. The second-order valence-corrected chi connectivity index (χ2v) is 5.76. The zero-order valence-corrected chi connectivity index (χ0v) is 11.4. The summed E-state index contributed by atoms with van der Waals surface area (Å²) in [6.45, 7) is 10.4. The number of carboxylic acids is 1. The predicted octanol–water partition coefficient (Wildman–Crippen LogP) is 1.89. The molecule has 0 radical (unpaired) electrons. The average Bonchev–Trinajstić information content (AvgIpc) is 2.15. The van der Waals surface area contributed by atoms with Gasteiger partial charge in [-0.2, -0.15) is 0 Å². The lowest BCUT2D eigenvalue weighted by atomic mass is 9.89. The topological polar surface area (TPSA) is 58.6 Å². The summed E-state index contributed by atoms with van der Waals surface area (Å²) in [5.74, 6) is 0.0934. The fraction of sp³-hybridized carbons (Fsp3) is 0.923. The third kappa shape index (κ3) is 3.68. The Morgan fingerprint density at radius 2 is 1.94 bits per heavy atom. The first-order valence-electron chi connectivity index (χ1n) is 6.47. The maximum absolute atomic E-state index is 11.1. The molecule has 1 heterocycles. The van der Waals surface area contributed by atoms with Crippen LogP contribution in [-0.2, 0) is 9.53 Å².